The Hall–Kier alpha value is -1.59. The first-order valence-corrected chi connectivity index (χ1v) is 8.90. The fraction of sp³-hybridized carbons (Fsp3) is 0.833. The Morgan fingerprint density at radius 1 is 0.833 bits per heavy atom. The molecule has 0 radical (unpaired) electrons. The largest absolute Gasteiger partial charge is 0.481 e. The van der Waals surface area contributed by atoms with Crippen LogP contribution < -0.4 is 0 Å². The summed E-state index contributed by atoms with van der Waals surface area (Å²) in [6, 6.07) is 0. The van der Waals surface area contributed by atoms with Crippen molar-refractivity contribution >= 4 is 17.9 Å². The number of carboxylic acids is 1. The molecule has 0 atom stereocenters. The van der Waals surface area contributed by atoms with Gasteiger partial charge in [-0.15, -0.1) is 0 Å². The van der Waals surface area contributed by atoms with Gasteiger partial charge in [0.1, 0.15) is 0 Å². The summed E-state index contributed by atoms with van der Waals surface area (Å²) in [6.07, 6.45) is 7.00. The van der Waals surface area contributed by atoms with Gasteiger partial charge in [-0.05, 0) is 33.6 Å². The second-order valence-electron chi connectivity index (χ2n) is 5.71. The Bertz CT molecular complexity index is 338. The molecule has 142 valence electrons. The molecule has 6 heteroatoms. The Morgan fingerprint density at radius 3 is 1.71 bits per heavy atom. The van der Waals surface area contributed by atoms with Crippen LogP contribution in [0.5, 0.6) is 0 Å². The quantitative estimate of drug-likeness (QED) is 0.422. The van der Waals surface area contributed by atoms with E-state index in [2.05, 4.69) is 0 Å². The molecule has 0 bridgehead atoms. The van der Waals surface area contributed by atoms with Crippen molar-refractivity contribution in [3.05, 3.63) is 0 Å². The Morgan fingerprint density at radius 2 is 1.33 bits per heavy atom. The maximum absolute atomic E-state index is 11.0. The minimum atomic E-state index is -0.720. The maximum atomic E-state index is 11.0. The van der Waals surface area contributed by atoms with E-state index in [1.54, 1.807) is 13.8 Å². The number of rotatable bonds is 12. The summed E-state index contributed by atoms with van der Waals surface area (Å²) in [5, 5.41) is 8.41. The second kappa shape index (κ2) is 17.8. The number of esters is 2. The highest BCUT2D eigenvalue weighted by atomic mass is 16.5. The summed E-state index contributed by atoms with van der Waals surface area (Å²) in [7, 11) is 0. The van der Waals surface area contributed by atoms with Gasteiger partial charge in [0.05, 0.1) is 12.7 Å². The van der Waals surface area contributed by atoms with Crippen molar-refractivity contribution in [3.63, 3.8) is 0 Å². The lowest BCUT2D eigenvalue weighted by Crippen LogP contribution is -2.09. The van der Waals surface area contributed by atoms with Gasteiger partial charge in [-0.1, -0.05) is 32.6 Å². The zero-order valence-corrected chi connectivity index (χ0v) is 15.6. The molecule has 1 N–H and O–H groups in total. The summed E-state index contributed by atoms with van der Waals surface area (Å²) in [5.41, 5.74) is 0. The minimum absolute atomic E-state index is 0.0300. The summed E-state index contributed by atoms with van der Waals surface area (Å²) in [6.45, 7) is 7.72. The fourth-order valence-electron chi connectivity index (χ4n) is 1.83. The number of carboxylic acid groups (broad SMARTS) is 1. The number of carbonyl (C=O) groups is 3. The van der Waals surface area contributed by atoms with Crippen LogP contribution in [0.2, 0.25) is 0 Å². The van der Waals surface area contributed by atoms with E-state index in [1.807, 2.05) is 13.8 Å². The van der Waals surface area contributed by atoms with Gasteiger partial charge in [-0.3, -0.25) is 14.4 Å². The van der Waals surface area contributed by atoms with Crippen molar-refractivity contribution in [3.8, 4) is 0 Å². The first kappa shape index (κ1) is 24.7. The number of ether oxygens (including phenoxy) is 2. The fourth-order valence-corrected chi connectivity index (χ4v) is 1.83. The number of hydrogen-bond donors (Lipinski definition) is 1. The molecular formula is C18H34O6. The lowest BCUT2D eigenvalue weighted by Gasteiger charge is -2.04. The summed E-state index contributed by atoms with van der Waals surface area (Å²) in [5.74, 6) is -0.962. The number of aliphatic carboxylic acids is 1. The first-order chi connectivity index (χ1) is 11.3. The van der Waals surface area contributed by atoms with Crippen molar-refractivity contribution < 1.29 is 29.0 Å². The van der Waals surface area contributed by atoms with Gasteiger partial charge in [0.15, 0.2) is 0 Å². The highest BCUT2D eigenvalue weighted by molar-refractivity contribution is 5.69. The SMILES string of the molecule is CCC(=O)OC(C)C.CCOC(=O)CCCCCCCCC(=O)O. The third-order valence-electron chi connectivity index (χ3n) is 2.98. The third kappa shape index (κ3) is 22.7. The third-order valence-corrected chi connectivity index (χ3v) is 2.98. The van der Waals surface area contributed by atoms with Crippen LogP contribution in [0.1, 0.15) is 85.5 Å². The molecule has 6 nitrogen and oxygen atoms in total. The van der Waals surface area contributed by atoms with Crippen LogP contribution in [0, 0.1) is 0 Å². The van der Waals surface area contributed by atoms with Gasteiger partial charge in [-0.2, -0.15) is 0 Å². The van der Waals surface area contributed by atoms with Gasteiger partial charge in [0, 0.05) is 19.3 Å². The van der Waals surface area contributed by atoms with Crippen molar-refractivity contribution in [1.29, 1.82) is 0 Å². The molecule has 0 saturated heterocycles. The molecule has 0 heterocycles. The standard InChI is InChI=1S/C12H22O4.C6H12O2/c1-2-16-12(15)10-8-6-4-3-5-7-9-11(13)14;1-4-6(7)8-5(2)3/h2-10H2,1H3,(H,13,14);5H,4H2,1-3H3. The van der Waals surface area contributed by atoms with Crippen molar-refractivity contribution in [2.75, 3.05) is 6.61 Å². The normalized spacial score (nSPS) is 9.88. The first-order valence-electron chi connectivity index (χ1n) is 8.90. The van der Waals surface area contributed by atoms with E-state index >= 15 is 0 Å². The Kier molecular flexibility index (Phi) is 18.2. The molecule has 0 amide bonds. The zero-order valence-electron chi connectivity index (χ0n) is 15.6. The van der Waals surface area contributed by atoms with Crippen LogP contribution in [-0.4, -0.2) is 35.7 Å². The minimum Gasteiger partial charge on any atom is -0.481 e. The number of carbonyl (C=O) groups excluding carboxylic acids is 2. The van der Waals surface area contributed by atoms with Crippen LogP contribution >= 0.6 is 0 Å². The molecule has 0 aromatic carbocycles. The average Bonchev–Trinajstić information content (AvgIpc) is 2.49. The maximum Gasteiger partial charge on any atom is 0.305 e. The molecule has 24 heavy (non-hydrogen) atoms. The predicted octanol–water partition coefficient (Wildman–Crippen LogP) is 4.10. The highest BCUT2D eigenvalue weighted by Gasteiger charge is 2.01. The van der Waals surface area contributed by atoms with Gasteiger partial charge >= 0.3 is 17.9 Å². The average molecular weight is 346 g/mol. The topological polar surface area (TPSA) is 89.9 Å². The molecule has 0 unspecified atom stereocenters. The van der Waals surface area contributed by atoms with Crippen molar-refractivity contribution in [1.82, 2.24) is 0 Å². The summed E-state index contributed by atoms with van der Waals surface area (Å²) < 4.78 is 9.57. The van der Waals surface area contributed by atoms with Crippen LogP contribution in [-0.2, 0) is 23.9 Å². The molecule has 0 aromatic rings. The van der Waals surface area contributed by atoms with Gasteiger partial charge in [-0.25, -0.2) is 0 Å². The van der Waals surface area contributed by atoms with E-state index < -0.39 is 5.97 Å². The van der Waals surface area contributed by atoms with Crippen LogP contribution in [0.15, 0.2) is 0 Å². The summed E-state index contributed by atoms with van der Waals surface area (Å²) in [4.78, 5) is 31.6. The smallest absolute Gasteiger partial charge is 0.305 e. The molecule has 0 aliphatic rings. The predicted molar refractivity (Wildman–Crippen MR) is 92.7 cm³/mol. The summed E-state index contributed by atoms with van der Waals surface area (Å²) >= 11 is 0. The lowest BCUT2D eigenvalue weighted by atomic mass is 10.1. The van der Waals surface area contributed by atoms with Crippen molar-refractivity contribution in [2.45, 2.75) is 91.6 Å². The monoisotopic (exact) mass is 346 g/mol. The van der Waals surface area contributed by atoms with E-state index in [0.29, 0.717) is 19.4 Å². The molecule has 0 spiro atoms. The van der Waals surface area contributed by atoms with E-state index in [9.17, 15) is 14.4 Å². The second-order valence-corrected chi connectivity index (χ2v) is 5.71. The molecule has 0 saturated carbocycles. The molecule has 0 rings (SSSR count). The lowest BCUT2D eigenvalue weighted by molar-refractivity contribution is -0.147. The highest BCUT2D eigenvalue weighted by Crippen LogP contribution is 2.08. The van der Waals surface area contributed by atoms with Crippen LogP contribution in [0.3, 0.4) is 0 Å². The van der Waals surface area contributed by atoms with E-state index in [1.165, 1.54) is 0 Å². The van der Waals surface area contributed by atoms with Gasteiger partial charge < -0.3 is 14.6 Å². The van der Waals surface area contributed by atoms with E-state index in [4.69, 9.17) is 14.6 Å². The molecule has 0 fully saturated rings. The molecule has 0 aliphatic heterocycles. The number of hydrogen-bond acceptors (Lipinski definition) is 5. The van der Waals surface area contributed by atoms with E-state index in [-0.39, 0.29) is 24.5 Å². The van der Waals surface area contributed by atoms with Crippen molar-refractivity contribution in [2.24, 2.45) is 0 Å². The van der Waals surface area contributed by atoms with Gasteiger partial charge in [0.2, 0.25) is 0 Å². The van der Waals surface area contributed by atoms with Crippen LogP contribution in [0.25, 0.3) is 0 Å². The zero-order chi connectivity index (χ0) is 18.8. The molecule has 0 aromatic heterocycles. The Labute approximate surface area is 145 Å². The molecule has 0 aliphatic carbocycles. The van der Waals surface area contributed by atoms with E-state index in [0.717, 1.165) is 38.5 Å². The van der Waals surface area contributed by atoms with Crippen LogP contribution in [0.4, 0.5) is 0 Å². The molecular weight excluding hydrogens is 312 g/mol. The Balaban J connectivity index is 0. The van der Waals surface area contributed by atoms with Gasteiger partial charge in [0.25, 0.3) is 0 Å². The number of unbranched alkanes of at least 4 members (excludes halogenated alkanes) is 5.